The zero-order chi connectivity index (χ0) is 19.5. The number of carbonyl (C=O) groups is 1. The van der Waals surface area contributed by atoms with Crippen LogP contribution in [0.1, 0.15) is 28.8 Å². The Morgan fingerprint density at radius 1 is 1.36 bits per heavy atom. The summed E-state index contributed by atoms with van der Waals surface area (Å²) in [6.45, 7) is 1.82. The monoisotopic (exact) mass is 383 g/mol. The third-order valence-electron chi connectivity index (χ3n) is 4.86. The molecule has 1 saturated heterocycles. The minimum atomic E-state index is -0.267. The van der Waals surface area contributed by atoms with Crippen molar-refractivity contribution in [3.8, 4) is 0 Å². The predicted octanol–water partition coefficient (Wildman–Crippen LogP) is 2.41. The molecule has 0 atom stereocenters. The summed E-state index contributed by atoms with van der Waals surface area (Å²) in [4.78, 5) is 19.2. The Balaban J connectivity index is 1.54. The molecule has 8 heteroatoms. The van der Waals surface area contributed by atoms with Gasteiger partial charge in [0, 0.05) is 39.0 Å². The van der Waals surface area contributed by atoms with Crippen LogP contribution in [0.25, 0.3) is 5.65 Å². The van der Waals surface area contributed by atoms with Crippen molar-refractivity contribution < 1.29 is 13.9 Å². The number of carbonyl (C=O) groups excluding carboxylic acids is 1. The molecule has 1 aliphatic heterocycles. The number of anilines is 1. The molecular formula is C20H22FN5O2. The first kappa shape index (κ1) is 18.4. The number of fused-ring (bicyclic) bond motifs is 1. The van der Waals surface area contributed by atoms with E-state index in [1.165, 1.54) is 18.3 Å². The molecule has 4 rings (SSSR count). The summed E-state index contributed by atoms with van der Waals surface area (Å²) < 4.78 is 20.3. The van der Waals surface area contributed by atoms with Crippen LogP contribution >= 0.6 is 0 Å². The molecule has 2 aromatic heterocycles. The van der Waals surface area contributed by atoms with Crippen molar-refractivity contribution in [1.29, 1.82) is 0 Å². The van der Waals surface area contributed by atoms with E-state index in [0.29, 0.717) is 36.8 Å². The average molecular weight is 383 g/mol. The molecule has 0 radical (unpaired) electrons. The van der Waals surface area contributed by atoms with Crippen LogP contribution in [-0.2, 0) is 11.3 Å². The quantitative estimate of drug-likeness (QED) is 0.733. The van der Waals surface area contributed by atoms with Gasteiger partial charge in [0.05, 0.1) is 6.20 Å². The lowest BCUT2D eigenvalue weighted by Crippen LogP contribution is -2.38. The van der Waals surface area contributed by atoms with Gasteiger partial charge in [-0.1, -0.05) is 12.1 Å². The Labute approximate surface area is 162 Å². The summed E-state index contributed by atoms with van der Waals surface area (Å²) >= 11 is 0. The van der Waals surface area contributed by atoms with Gasteiger partial charge < -0.3 is 15.0 Å². The number of rotatable bonds is 5. The fourth-order valence-electron chi connectivity index (χ4n) is 3.33. The third-order valence-corrected chi connectivity index (χ3v) is 4.86. The summed E-state index contributed by atoms with van der Waals surface area (Å²) in [6.07, 6.45) is 4.92. The Morgan fingerprint density at radius 2 is 2.18 bits per heavy atom. The number of aromatic nitrogens is 3. The largest absolute Gasteiger partial charge is 0.381 e. The maximum atomic E-state index is 13.4. The molecule has 3 aromatic rings. The summed E-state index contributed by atoms with van der Waals surface area (Å²) in [5.41, 5.74) is 1.77. The maximum absolute atomic E-state index is 13.4. The van der Waals surface area contributed by atoms with Crippen LogP contribution in [0.5, 0.6) is 0 Å². The van der Waals surface area contributed by atoms with E-state index >= 15 is 0 Å². The van der Waals surface area contributed by atoms with Crippen molar-refractivity contribution in [2.75, 3.05) is 25.2 Å². The molecule has 0 aliphatic carbocycles. The molecule has 3 heterocycles. The molecule has 0 spiro atoms. The Morgan fingerprint density at radius 3 is 2.96 bits per heavy atom. The van der Waals surface area contributed by atoms with E-state index in [9.17, 15) is 9.18 Å². The molecule has 7 nitrogen and oxygen atoms in total. The molecule has 1 N–H and O–H groups in total. The number of hydrogen-bond donors (Lipinski definition) is 1. The highest BCUT2D eigenvalue weighted by molar-refractivity contribution is 5.99. The van der Waals surface area contributed by atoms with E-state index in [-0.39, 0.29) is 17.8 Å². The lowest BCUT2D eigenvalue weighted by atomic mass is 10.1. The summed E-state index contributed by atoms with van der Waals surface area (Å²) in [5.74, 6) is 0.230. The first-order valence-corrected chi connectivity index (χ1v) is 9.29. The molecule has 1 amide bonds. The molecule has 0 bridgehead atoms. The Bertz CT molecular complexity index is 984. The molecule has 1 aromatic carbocycles. The van der Waals surface area contributed by atoms with Gasteiger partial charge in [-0.2, -0.15) is 5.10 Å². The van der Waals surface area contributed by atoms with E-state index in [1.54, 1.807) is 16.8 Å². The minimum absolute atomic E-state index is 0.107. The average Bonchev–Trinajstić information content (AvgIpc) is 3.12. The van der Waals surface area contributed by atoms with Gasteiger partial charge in [0.25, 0.3) is 5.91 Å². The molecule has 1 aliphatic rings. The third kappa shape index (κ3) is 3.96. The van der Waals surface area contributed by atoms with E-state index in [0.717, 1.165) is 18.4 Å². The van der Waals surface area contributed by atoms with Crippen LogP contribution in [0.15, 0.2) is 42.7 Å². The zero-order valence-corrected chi connectivity index (χ0v) is 15.6. The number of halogens is 1. The first-order chi connectivity index (χ1) is 13.6. The van der Waals surface area contributed by atoms with Gasteiger partial charge in [0.15, 0.2) is 5.65 Å². The fraction of sp³-hybridized carbons (Fsp3) is 0.350. The molecule has 1 fully saturated rings. The fourth-order valence-corrected chi connectivity index (χ4v) is 3.33. The summed E-state index contributed by atoms with van der Waals surface area (Å²) in [5, 5.41) is 7.27. The van der Waals surface area contributed by atoms with Crippen LogP contribution in [-0.4, -0.2) is 46.8 Å². The maximum Gasteiger partial charge on any atom is 0.256 e. The highest BCUT2D eigenvalue weighted by atomic mass is 19.1. The van der Waals surface area contributed by atoms with Gasteiger partial charge in [0.2, 0.25) is 0 Å². The standard InChI is InChI=1S/C20H22FN5O2/c1-25(13-14-3-2-4-15(21)11-14)18-5-8-26-19(24-18)17(12-22-26)20(27)23-16-6-9-28-10-7-16/h2-5,8,11-12,16H,6-7,9-10,13H2,1H3,(H,23,27). The normalized spacial score (nSPS) is 14.9. The topological polar surface area (TPSA) is 71.8 Å². The van der Waals surface area contributed by atoms with Gasteiger partial charge in [-0.15, -0.1) is 0 Å². The minimum Gasteiger partial charge on any atom is -0.381 e. The van der Waals surface area contributed by atoms with E-state index in [2.05, 4.69) is 15.4 Å². The van der Waals surface area contributed by atoms with Crippen LogP contribution < -0.4 is 10.2 Å². The van der Waals surface area contributed by atoms with Crippen LogP contribution in [0, 0.1) is 5.82 Å². The SMILES string of the molecule is CN(Cc1cccc(F)c1)c1ccn2ncc(C(=O)NC3CCOCC3)c2n1. The number of nitrogens with zero attached hydrogens (tertiary/aromatic N) is 4. The second-order valence-corrected chi connectivity index (χ2v) is 6.96. The smallest absolute Gasteiger partial charge is 0.256 e. The van der Waals surface area contributed by atoms with Crippen molar-refractivity contribution in [3.63, 3.8) is 0 Å². The lowest BCUT2D eigenvalue weighted by Gasteiger charge is -2.22. The zero-order valence-electron chi connectivity index (χ0n) is 15.6. The lowest BCUT2D eigenvalue weighted by molar-refractivity contribution is 0.0697. The number of nitrogens with one attached hydrogen (secondary N) is 1. The van der Waals surface area contributed by atoms with E-state index in [4.69, 9.17) is 4.74 Å². The molecule has 146 valence electrons. The summed E-state index contributed by atoms with van der Waals surface area (Å²) in [6, 6.07) is 8.40. The van der Waals surface area contributed by atoms with Crippen molar-refractivity contribution in [1.82, 2.24) is 19.9 Å². The Kier molecular flexibility index (Phi) is 5.21. The molecular weight excluding hydrogens is 361 g/mol. The number of amides is 1. The van der Waals surface area contributed by atoms with Gasteiger partial charge >= 0.3 is 0 Å². The van der Waals surface area contributed by atoms with Crippen LogP contribution in [0.4, 0.5) is 10.2 Å². The van der Waals surface area contributed by atoms with Crippen LogP contribution in [0.2, 0.25) is 0 Å². The van der Waals surface area contributed by atoms with Crippen molar-refractivity contribution in [3.05, 3.63) is 59.7 Å². The van der Waals surface area contributed by atoms with Gasteiger partial charge in [-0.05, 0) is 36.6 Å². The van der Waals surface area contributed by atoms with Crippen molar-refractivity contribution in [2.24, 2.45) is 0 Å². The second-order valence-electron chi connectivity index (χ2n) is 6.96. The first-order valence-electron chi connectivity index (χ1n) is 9.29. The van der Waals surface area contributed by atoms with Gasteiger partial charge in [-0.3, -0.25) is 4.79 Å². The number of benzene rings is 1. The van der Waals surface area contributed by atoms with E-state index in [1.807, 2.05) is 24.1 Å². The second kappa shape index (κ2) is 7.93. The van der Waals surface area contributed by atoms with Crippen molar-refractivity contribution in [2.45, 2.75) is 25.4 Å². The van der Waals surface area contributed by atoms with E-state index < -0.39 is 0 Å². The molecule has 28 heavy (non-hydrogen) atoms. The predicted molar refractivity (Wildman–Crippen MR) is 103 cm³/mol. The highest BCUT2D eigenvalue weighted by Gasteiger charge is 2.20. The van der Waals surface area contributed by atoms with Crippen molar-refractivity contribution >= 4 is 17.4 Å². The van der Waals surface area contributed by atoms with Crippen LogP contribution in [0.3, 0.4) is 0 Å². The van der Waals surface area contributed by atoms with Gasteiger partial charge in [0.1, 0.15) is 17.2 Å². The summed E-state index contributed by atoms with van der Waals surface area (Å²) in [7, 11) is 1.88. The molecule has 0 unspecified atom stereocenters. The number of hydrogen-bond acceptors (Lipinski definition) is 5. The molecule has 0 saturated carbocycles. The number of ether oxygens (including phenoxy) is 1. The highest BCUT2D eigenvalue weighted by Crippen LogP contribution is 2.17. The Hall–Kier alpha value is -3.00. The van der Waals surface area contributed by atoms with Gasteiger partial charge in [-0.25, -0.2) is 13.9 Å².